The second-order valence-electron chi connectivity index (χ2n) is 2.39. The minimum atomic E-state index is -0.575. The van der Waals surface area contributed by atoms with Crippen molar-refractivity contribution >= 4 is 11.8 Å². The first-order valence-corrected chi connectivity index (χ1v) is 3.85. The fraction of sp³-hybridized carbons (Fsp3) is 0.375. The van der Waals surface area contributed by atoms with Gasteiger partial charge in [0.05, 0.1) is 13.4 Å². The first kappa shape index (κ1) is 9.44. The summed E-state index contributed by atoms with van der Waals surface area (Å²) in [6.07, 6.45) is 1.62. The lowest BCUT2D eigenvalue weighted by Crippen LogP contribution is -2.09. The highest BCUT2D eigenvalue weighted by Crippen LogP contribution is 2.06. The summed E-state index contributed by atoms with van der Waals surface area (Å²) in [5.41, 5.74) is 0.267. The predicted molar refractivity (Wildman–Crippen MR) is 44.5 cm³/mol. The predicted octanol–water partition coefficient (Wildman–Crippen LogP) is 0.789. The highest BCUT2D eigenvalue weighted by Gasteiger charge is 2.18. The smallest absolute Gasteiger partial charge is 0.356 e. The summed E-state index contributed by atoms with van der Waals surface area (Å²) in [6, 6.07) is 0. The minimum Gasteiger partial charge on any atom is -0.464 e. The third kappa shape index (κ3) is 1.74. The Balaban J connectivity index is 3.02. The highest BCUT2D eigenvalue weighted by atomic mass is 16.5. The molecule has 5 nitrogen and oxygen atoms in total. The molecule has 5 heteroatoms. The van der Waals surface area contributed by atoms with E-state index in [0.717, 1.165) is 0 Å². The Labute approximate surface area is 75.1 Å². The molecular weight excluding hydrogens is 172 g/mol. The fourth-order valence-electron chi connectivity index (χ4n) is 0.931. The third-order valence-corrected chi connectivity index (χ3v) is 1.61. The molecule has 0 amide bonds. The van der Waals surface area contributed by atoms with E-state index >= 15 is 0 Å². The molecule has 0 bridgehead atoms. The molecule has 0 radical (unpaired) electrons. The number of rotatable bonds is 3. The van der Waals surface area contributed by atoms with E-state index in [4.69, 9.17) is 0 Å². The standard InChI is InChI=1S/C8H10N2O3/c1-3-5(11)6-7(8(12)13-2)10-4-9-6/h4H,3H2,1-2H3,(H,9,10). The van der Waals surface area contributed by atoms with Crippen LogP contribution in [0.15, 0.2) is 6.33 Å². The zero-order chi connectivity index (χ0) is 9.84. The van der Waals surface area contributed by atoms with Gasteiger partial charge in [0.1, 0.15) is 5.69 Å². The van der Waals surface area contributed by atoms with E-state index in [0.29, 0.717) is 6.42 Å². The number of imidazole rings is 1. The monoisotopic (exact) mass is 182 g/mol. The molecule has 0 aliphatic carbocycles. The number of H-pyrrole nitrogens is 1. The van der Waals surface area contributed by atoms with Crippen molar-refractivity contribution in [3.8, 4) is 0 Å². The normalized spacial score (nSPS) is 9.69. The summed E-state index contributed by atoms with van der Waals surface area (Å²) in [4.78, 5) is 28.6. The number of ketones is 1. The molecule has 70 valence electrons. The van der Waals surface area contributed by atoms with Gasteiger partial charge in [0.25, 0.3) is 0 Å². The fourth-order valence-corrected chi connectivity index (χ4v) is 0.931. The van der Waals surface area contributed by atoms with Crippen LogP contribution in [0, 0.1) is 0 Å². The van der Waals surface area contributed by atoms with E-state index < -0.39 is 5.97 Å². The maximum absolute atomic E-state index is 11.2. The summed E-state index contributed by atoms with van der Waals surface area (Å²) in [6.45, 7) is 1.71. The number of esters is 1. The van der Waals surface area contributed by atoms with Gasteiger partial charge in [-0.05, 0) is 0 Å². The van der Waals surface area contributed by atoms with E-state index in [1.54, 1.807) is 6.92 Å². The number of methoxy groups -OCH3 is 1. The van der Waals surface area contributed by atoms with Gasteiger partial charge in [-0.1, -0.05) is 6.92 Å². The molecule has 0 aliphatic rings. The van der Waals surface area contributed by atoms with Crippen molar-refractivity contribution in [2.75, 3.05) is 7.11 Å². The topological polar surface area (TPSA) is 72.0 Å². The Kier molecular flexibility index (Phi) is 2.79. The number of nitrogens with one attached hydrogen (secondary N) is 1. The van der Waals surface area contributed by atoms with Crippen LogP contribution in [0.2, 0.25) is 0 Å². The largest absolute Gasteiger partial charge is 0.464 e. The quantitative estimate of drug-likeness (QED) is 0.554. The van der Waals surface area contributed by atoms with Crippen molar-refractivity contribution in [1.29, 1.82) is 0 Å². The van der Waals surface area contributed by atoms with Crippen LogP contribution in [0.3, 0.4) is 0 Å². The summed E-state index contributed by atoms with van der Waals surface area (Å²) in [5.74, 6) is -0.754. The zero-order valence-corrected chi connectivity index (χ0v) is 7.46. The van der Waals surface area contributed by atoms with Crippen LogP contribution in [0.25, 0.3) is 0 Å². The van der Waals surface area contributed by atoms with Crippen LogP contribution in [0.4, 0.5) is 0 Å². The number of hydrogen-bond acceptors (Lipinski definition) is 4. The summed E-state index contributed by atoms with van der Waals surface area (Å²) >= 11 is 0. The van der Waals surface area contributed by atoms with Gasteiger partial charge < -0.3 is 9.72 Å². The number of carbonyl (C=O) groups is 2. The maximum Gasteiger partial charge on any atom is 0.356 e. The molecule has 13 heavy (non-hydrogen) atoms. The van der Waals surface area contributed by atoms with E-state index in [9.17, 15) is 9.59 Å². The lowest BCUT2D eigenvalue weighted by atomic mass is 10.2. The lowest BCUT2D eigenvalue weighted by Gasteiger charge is -1.97. The number of carbonyl (C=O) groups excluding carboxylic acids is 2. The third-order valence-electron chi connectivity index (χ3n) is 1.61. The average Bonchev–Trinajstić information content (AvgIpc) is 2.63. The number of hydrogen-bond donors (Lipinski definition) is 1. The summed E-state index contributed by atoms with van der Waals surface area (Å²) in [7, 11) is 1.25. The van der Waals surface area contributed by atoms with Crippen molar-refractivity contribution in [3.05, 3.63) is 17.7 Å². The van der Waals surface area contributed by atoms with Gasteiger partial charge in [0, 0.05) is 6.42 Å². The molecule has 0 aromatic carbocycles. The van der Waals surface area contributed by atoms with Gasteiger partial charge in [-0.2, -0.15) is 0 Å². The minimum absolute atomic E-state index is 0.120. The second kappa shape index (κ2) is 3.84. The molecule has 1 rings (SSSR count). The molecule has 1 heterocycles. The highest BCUT2D eigenvalue weighted by molar-refractivity contribution is 6.03. The number of nitrogens with zero attached hydrogens (tertiary/aromatic N) is 1. The zero-order valence-electron chi connectivity index (χ0n) is 7.46. The molecule has 0 aliphatic heterocycles. The van der Waals surface area contributed by atoms with Gasteiger partial charge in [-0.3, -0.25) is 4.79 Å². The van der Waals surface area contributed by atoms with Crippen LogP contribution in [-0.2, 0) is 4.74 Å². The van der Waals surface area contributed by atoms with Gasteiger partial charge in [-0.15, -0.1) is 0 Å². The average molecular weight is 182 g/mol. The van der Waals surface area contributed by atoms with E-state index in [1.165, 1.54) is 13.4 Å². The molecule has 1 aromatic heterocycles. The van der Waals surface area contributed by atoms with Crippen LogP contribution in [0.1, 0.15) is 34.3 Å². The number of ether oxygens (including phenoxy) is 1. The van der Waals surface area contributed by atoms with Crippen molar-refractivity contribution in [2.45, 2.75) is 13.3 Å². The SMILES string of the molecule is CCC(=O)c1nc[nH]c1C(=O)OC. The van der Waals surface area contributed by atoms with E-state index in [-0.39, 0.29) is 17.2 Å². The molecule has 0 spiro atoms. The molecule has 0 fully saturated rings. The molecule has 0 saturated carbocycles. The Hall–Kier alpha value is -1.65. The number of Topliss-reactive ketones (excluding diaryl/α,β-unsaturated/α-hetero) is 1. The van der Waals surface area contributed by atoms with Gasteiger partial charge in [0.15, 0.2) is 11.5 Å². The van der Waals surface area contributed by atoms with Crippen LogP contribution in [0.5, 0.6) is 0 Å². The van der Waals surface area contributed by atoms with Crippen LogP contribution < -0.4 is 0 Å². The van der Waals surface area contributed by atoms with Crippen LogP contribution in [-0.4, -0.2) is 28.8 Å². The Morgan fingerprint density at radius 1 is 1.62 bits per heavy atom. The van der Waals surface area contributed by atoms with Gasteiger partial charge >= 0.3 is 5.97 Å². The summed E-state index contributed by atoms with van der Waals surface area (Å²) < 4.78 is 4.47. The van der Waals surface area contributed by atoms with E-state index in [2.05, 4.69) is 14.7 Å². The molecule has 0 unspecified atom stereocenters. The summed E-state index contributed by atoms with van der Waals surface area (Å²) in [5, 5.41) is 0. The Morgan fingerprint density at radius 3 is 2.85 bits per heavy atom. The molecular formula is C8H10N2O3. The Morgan fingerprint density at radius 2 is 2.31 bits per heavy atom. The van der Waals surface area contributed by atoms with Crippen LogP contribution >= 0.6 is 0 Å². The number of aromatic nitrogens is 2. The van der Waals surface area contributed by atoms with Crippen molar-refractivity contribution < 1.29 is 14.3 Å². The van der Waals surface area contributed by atoms with Crippen molar-refractivity contribution in [1.82, 2.24) is 9.97 Å². The van der Waals surface area contributed by atoms with Gasteiger partial charge in [0.2, 0.25) is 0 Å². The first-order chi connectivity index (χ1) is 6.20. The molecule has 1 aromatic rings. The van der Waals surface area contributed by atoms with Crippen molar-refractivity contribution in [2.24, 2.45) is 0 Å². The van der Waals surface area contributed by atoms with Gasteiger partial charge in [-0.25, -0.2) is 9.78 Å². The van der Waals surface area contributed by atoms with E-state index in [1.807, 2.05) is 0 Å². The molecule has 0 atom stereocenters. The Bertz CT molecular complexity index is 299. The van der Waals surface area contributed by atoms with Crippen molar-refractivity contribution in [3.63, 3.8) is 0 Å². The first-order valence-electron chi connectivity index (χ1n) is 3.85. The number of aromatic amines is 1. The lowest BCUT2D eigenvalue weighted by molar-refractivity contribution is 0.0590. The second-order valence-corrected chi connectivity index (χ2v) is 2.39. The molecule has 0 saturated heterocycles. The maximum atomic E-state index is 11.2. The molecule has 1 N–H and O–H groups in total.